The van der Waals surface area contributed by atoms with E-state index in [1.807, 2.05) is 24.3 Å². The van der Waals surface area contributed by atoms with E-state index < -0.39 is 17.3 Å². The number of benzene rings is 2. The largest absolute Gasteiger partial charge is 0.504 e. The standard InChI is InChI=1S/C13H8FNO2S2/c14-11-10(6-5-8(16)12(11)17)19-13-15-7-3-1-2-4-9(7)18-13/h1-6,16-17H. The molecule has 6 heteroatoms. The number of hydrogen-bond acceptors (Lipinski definition) is 5. The Morgan fingerprint density at radius 1 is 1.11 bits per heavy atom. The second-order valence-corrected chi connectivity index (χ2v) is 6.11. The summed E-state index contributed by atoms with van der Waals surface area (Å²) in [7, 11) is 0. The van der Waals surface area contributed by atoms with Crippen LogP contribution in [0.1, 0.15) is 0 Å². The zero-order valence-electron chi connectivity index (χ0n) is 9.50. The maximum absolute atomic E-state index is 13.7. The van der Waals surface area contributed by atoms with E-state index in [1.54, 1.807) is 0 Å². The Balaban J connectivity index is 1.99. The van der Waals surface area contributed by atoms with Crippen molar-refractivity contribution in [3.8, 4) is 11.5 Å². The summed E-state index contributed by atoms with van der Waals surface area (Å²) in [5.74, 6) is -2.03. The van der Waals surface area contributed by atoms with Crippen molar-refractivity contribution in [2.24, 2.45) is 0 Å². The van der Waals surface area contributed by atoms with Crippen LogP contribution in [0.4, 0.5) is 4.39 Å². The van der Waals surface area contributed by atoms with Gasteiger partial charge in [0.25, 0.3) is 0 Å². The molecule has 2 aromatic carbocycles. The molecule has 0 fully saturated rings. The maximum atomic E-state index is 13.7. The van der Waals surface area contributed by atoms with Gasteiger partial charge in [0.15, 0.2) is 21.7 Å². The van der Waals surface area contributed by atoms with E-state index in [2.05, 4.69) is 4.98 Å². The van der Waals surface area contributed by atoms with Crippen molar-refractivity contribution in [2.45, 2.75) is 9.24 Å². The molecule has 1 aromatic heterocycles. The number of fused-ring (bicyclic) bond motifs is 1. The van der Waals surface area contributed by atoms with Gasteiger partial charge in [0.2, 0.25) is 0 Å². The molecular formula is C13H8FNO2S2. The molecule has 0 aliphatic carbocycles. The maximum Gasteiger partial charge on any atom is 0.195 e. The van der Waals surface area contributed by atoms with Crippen LogP contribution in [0.3, 0.4) is 0 Å². The van der Waals surface area contributed by atoms with E-state index in [0.29, 0.717) is 4.34 Å². The van der Waals surface area contributed by atoms with Crippen molar-refractivity contribution in [3.05, 3.63) is 42.2 Å². The van der Waals surface area contributed by atoms with Crippen molar-refractivity contribution >= 4 is 33.3 Å². The summed E-state index contributed by atoms with van der Waals surface area (Å²) in [5.41, 5.74) is 0.860. The first-order valence-electron chi connectivity index (χ1n) is 5.39. The van der Waals surface area contributed by atoms with Gasteiger partial charge in [-0.2, -0.15) is 0 Å². The Labute approximate surface area is 116 Å². The number of rotatable bonds is 2. The Kier molecular flexibility index (Phi) is 3.04. The lowest BCUT2D eigenvalue weighted by Gasteiger charge is -2.03. The quantitative estimate of drug-likeness (QED) is 0.701. The number of phenolic OH excluding ortho intramolecular Hbond substituents is 2. The van der Waals surface area contributed by atoms with Crippen LogP contribution in [0.25, 0.3) is 10.2 Å². The predicted octanol–water partition coefficient (Wildman–Crippen LogP) is 4.00. The van der Waals surface area contributed by atoms with E-state index in [1.165, 1.54) is 23.5 Å². The van der Waals surface area contributed by atoms with Crippen molar-refractivity contribution in [1.82, 2.24) is 4.98 Å². The average molecular weight is 293 g/mol. The van der Waals surface area contributed by atoms with Crippen LogP contribution < -0.4 is 0 Å². The third kappa shape index (κ3) is 2.24. The Morgan fingerprint density at radius 3 is 2.68 bits per heavy atom. The van der Waals surface area contributed by atoms with Crippen LogP contribution in [0.2, 0.25) is 0 Å². The molecule has 3 nitrogen and oxygen atoms in total. The lowest BCUT2D eigenvalue weighted by Crippen LogP contribution is -1.82. The van der Waals surface area contributed by atoms with Gasteiger partial charge in [-0.1, -0.05) is 23.9 Å². The fourth-order valence-corrected chi connectivity index (χ4v) is 3.66. The van der Waals surface area contributed by atoms with Crippen molar-refractivity contribution < 1.29 is 14.6 Å². The molecule has 96 valence electrons. The minimum Gasteiger partial charge on any atom is -0.504 e. The minimum atomic E-state index is -0.829. The van der Waals surface area contributed by atoms with E-state index in [9.17, 15) is 14.6 Å². The smallest absolute Gasteiger partial charge is 0.195 e. The van der Waals surface area contributed by atoms with E-state index in [4.69, 9.17) is 0 Å². The van der Waals surface area contributed by atoms with E-state index >= 15 is 0 Å². The molecule has 3 aromatic rings. The van der Waals surface area contributed by atoms with Gasteiger partial charge in [-0.25, -0.2) is 9.37 Å². The second kappa shape index (κ2) is 4.71. The van der Waals surface area contributed by atoms with Crippen molar-refractivity contribution in [2.75, 3.05) is 0 Å². The Bertz CT molecular complexity index is 724. The van der Waals surface area contributed by atoms with Gasteiger partial charge >= 0.3 is 0 Å². The van der Waals surface area contributed by atoms with Crippen LogP contribution in [-0.4, -0.2) is 15.2 Å². The number of aromatic nitrogens is 1. The summed E-state index contributed by atoms with van der Waals surface area (Å²) in [6.45, 7) is 0. The van der Waals surface area contributed by atoms with Gasteiger partial charge in [0, 0.05) is 0 Å². The molecule has 0 bridgehead atoms. The Morgan fingerprint density at radius 2 is 1.89 bits per heavy atom. The first kappa shape index (κ1) is 12.3. The number of thiazole rings is 1. The van der Waals surface area contributed by atoms with E-state index in [0.717, 1.165) is 22.0 Å². The first-order chi connectivity index (χ1) is 9.15. The fraction of sp³-hybridized carbons (Fsp3) is 0. The number of nitrogens with zero attached hydrogens (tertiary/aromatic N) is 1. The summed E-state index contributed by atoms with van der Waals surface area (Å²) in [6.07, 6.45) is 0. The molecule has 0 spiro atoms. The predicted molar refractivity (Wildman–Crippen MR) is 73.5 cm³/mol. The van der Waals surface area contributed by atoms with Crippen LogP contribution in [-0.2, 0) is 0 Å². The van der Waals surface area contributed by atoms with Gasteiger partial charge in [-0.3, -0.25) is 0 Å². The Hall–Kier alpha value is -1.79. The number of aromatic hydroxyl groups is 2. The molecule has 0 atom stereocenters. The van der Waals surface area contributed by atoms with Gasteiger partial charge in [0.05, 0.1) is 15.1 Å². The summed E-state index contributed by atoms with van der Waals surface area (Å²) >= 11 is 2.58. The monoisotopic (exact) mass is 293 g/mol. The molecule has 0 saturated carbocycles. The SMILES string of the molecule is Oc1ccc(Sc2nc3ccccc3s2)c(F)c1O. The fourth-order valence-electron chi connectivity index (χ4n) is 1.60. The average Bonchev–Trinajstić information content (AvgIpc) is 2.82. The topological polar surface area (TPSA) is 53.4 Å². The van der Waals surface area contributed by atoms with Crippen molar-refractivity contribution in [1.29, 1.82) is 0 Å². The zero-order valence-corrected chi connectivity index (χ0v) is 11.1. The van der Waals surface area contributed by atoms with Gasteiger partial charge in [-0.05, 0) is 24.3 Å². The molecule has 0 aliphatic heterocycles. The highest BCUT2D eigenvalue weighted by atomic mass is 32.2. The third-order valence-corrected chi connectivity index (χ3v) is 4.66. The second-order valence-electron chi connectivity index (χ2n) is 3.79. The summed E-state index contributed by atoms with van der Waals surface area (Å²) < 4.78 is 15.5. The minimum absolute atomic E-state index is 0.231. The molecule has 19 heavy (non-hydrogen) atoms. The first-order valence-corrected chi connectivity index (χ1v) is 7.02. The normalized spacial score (nSPS) is 11.0. The highest BCUT2D eigenvalue weighted by Gasteiger charge is 2.14. The number of para-hydroxylation sites is 1. The number of phenols is 2. The highest BCUT2D eigenvalue weighted by Crippen LogP contribution is 2.40. The summed E-state index contributed by atoms with van der Waals surface area (Å²) in [6, 6.07) is 10.3. The summed E-state index contributed by atoms with van der Waals surface area (Å²) in [5, 5.41) is 18.5. The zero-order chi connectivity index (χ0) is 13.4. The van der Waals surface area contributed by atoms with Crippen LogP contribution >= 0.6 is 23.1 Å². The molecule has 3 rings (SSSR count). The van der Waals surface area contributed by atoms with Gasteiger partial charge in [-0.15, -0.1) is 11.3 Å². The molecule has 1 heterocycles. The van der Waals surface area contributed by atoms with Crippen LogP contribution in [0.5, 0.6) is 11.5 Å². The lowest BCUT2D eigenvalue weighted by molar-refractivity contribution is 0.374. The molecular weight excluding hydrogens is 285 g/mol. The van der Waals surface area contributed by atoms with Gasteiger partial charge in [0.1, 0.15) is 0 Å². The number of hydrogen-bond donors (Lipinski definition) is 2. The molecule has 2 N–H and O–H groups in total. The van der Waals surface area contributed by atoms with Crippen molar-refractivity contribution in [3.63, 3.8) is 0 Å². The molecule has 0 unspecified atom stereocenters. The van der Waals surface area contributed by atoms with Crippen LogP contribution in [0, 0.1) is 5.82 Å². The highest BCUT2D eigenvalue weighted by molar-refractivity contribution is 8.01. The van der Waals surface area contributed by atoms with Gasteiger partial charge < -0.3 is 10.2 Å². The lowest BCUT2D eigenvalue weighted by atomic mass is 10.3. The molecule has 0 aliphatic rings. The molecule has 0 radical (unpaired) electrons. The van der Waals surface area contributed by atoms with E-state index in [-0.39, 0.29) is 4.90 Å². The number of halogens is 1. The summed E-state index contributed by atoms with van der Waals surface area (Å²) in [4.78, 5) is 4.60. The van der Waals surface area contributed by atoms with Crippen LogP contribution in [0.15, 0.2) is 45.6 Å². The molecule has 0 amide bonds. The third-order valence-electron chi connectivity index (χ3n) is 2.53. The molecule has 0 saturated heterocycles.